The van der Waals surface area contributed by atoms with E-state index in [-0.39, 0.29) is 0 Å². The van der Waals surface area contributed by atoms with Gasteiger partial charge in [0.15, 0.2) is 0 Å². The van der Waals surface area contributed by atoms with Crippen molar-refractivity contribution in [1.82, 2.24) is 5.32 Å². The van der Waals surface area contributed by atoms with Crippen LogP contribution in [0.4, 0.5) is 0 Å². The van der Waals surface area contributed by atoms with Crippen molar-refractivity contribution in [2.75, 3.05) is 12.3 Å². The molecular formula is C15H20ClNS. The summed E-state index contributed by atoms with van der Waals surface area (Å²) in [5, 5.41) is 4.31. The Morgan fingerprint density at radius 1 is 1.44 bits per heavy atom. The molecule has 1 aromatic rings. The summed E-state index contributed by atoms with van der Waals surface area (Å²) in [7, 11) is 0. The van der Waals surface area contributed by atoms with Gasteiger partial charge in [-0.3, -0.25) is 0 Å². The molecule has 1 rings (SSSR count). The molecule has 0 bridgehead atoms. The van der Waals surface area contributed by atoms with Gasteiger partial charge in [-0.25, -0.2) is 0 Å². The Labute approximate surface area is 120 Å². The highest BCUT2D eigenvalue weighted by atomic mass is 35.5. The molecule has 0 aromatic heterocycles. The van der Waals surface area contributed by atoms with E-state index in [2.05, 4.69) is 30.1 Å². The molecule has 1 N–H and O–H groups in total. The molecule has 1 unspecified atom stereocenters. The van der Waals surface area contributed by atoms with Gasteiger partial charge in [0.2, 0.25) is 0 Å². The van der Waals surface area contributed by atoms with Crippen LogP contribution in [0.5, 0.6) is 0 Å². The van der Waals surface area contributed by atoms with Crippen LogP contribution in [-0.4, -0.2) is 18.3 Å². The van der Waals surface area contributed by atoms with E-state index in [1.165, 1.54) is 4.90 Å². The van der Waals surface area contributed by atoms with E-state index in [1.807, 2.05) is 36.9 Å². The van der Waals surface area contributed by atoms with Crippen molar-refractivity contribution in [2.45, 2.75) is 37.6 Å². The molecule has 1 atom stereocenters. The number of halogens is 1. The summed E-state index contributed by atoms with van der Waals surface area (Å²) in [6, 6.07) is 8.53. The second-order valence-electron chi connectivity index (χ2n) is 3.99. The molecule has 0 amide bonds. The van der Waals surface area contributed by atoms with E-state index in [4.69, 9.17) is 11.6 Å². The van der Waals surface area contributed by atoms with Crippen LogP contribution in [0, 0.1) is 11.8 Å². The Hall–Kier alpha value is -0.620. The van der Waals surface area contributed by atoms with E-state index >= 15 is 0 Å². The summed E-state index contributed by atoms with van der Waals surface area (Å²) in [6.07, 6.45) is 2.06. The molecule has 0 aliphatic carbocycles. The molecule has 0 aliphatic rings. The maximum absolute atomic E-state index is 5.98. The van der Waals surface area contributed by atoms with Gasteiger partial charge in [-0.2, -0.15) is 0 Å². The van der Waals surface area contributed by atoms with Crippen LogP contribution in [0.1, 0.15) is 26.7 Å². The van der Waals surface area contributed by atoms with Gasteiger partial charge in [-0.05, 0) is 38.1 Å². The molecule has 18 heavy (non-hydrogen) atoms. The van der Waals surface area contributed by atoms with Crippen molar-refractivity contribution in [2.24, 2.45) is 0 Å². The first-order chi connectivity index (χ1) is 8.76. The zero-order valence-corrected chi connectivity index (χ0v) is 12.6. The fraction of sp³-hybridized carbons (Fsp3) is 0.467. The quantitative estimate of drug-likeness (QED) is 0.593. The maximum atomic E-state index is 5.98. The number of thioether (sulfide) groups is 1. The highest BCUT2D eigenvalue weighted by Gasteiger charge is 2.07. The lowest BCUT2D eigenvalue weighted by Crippen LogP contribution is -2.30. The molecule has 0 radical (unpaired) electrons. The van der Waals surface area contributed by atoms with E-state index < -0.39 is 0 Å². The minimum absolute atomic E-state index is 0.514. The van der Waals surface area contributed by atoms with Crippen LogP contribution >= 0.6 is 23.4 Å². The molecule has 0 spiro atoms. The predicted molar refractivity (Wildman–Crippen MR) is 82.3 cm³/mol. The van der Waals surface area contributed by atoms with Gasteiger partial charge in [0.05, 0.1) is 0 Å². The van der Waals surface area contributed by atoms with E-state index in [1.54, 1.807) is 0 Å². The van der Waals surface area contributed by atoms with E-state index in [0.717, 1.165) is 30.2 Å². The Bertz CT molecular complexity index is 408. The van der Waals surface area contributed by atoms with Crippen LogP contribution in [0.3, 0.4) is 0 Å². The fourth-order valence-corrected chi connectivity index (χ4v) is 2.98. The largest absolute Gasteiger partial charge is 0.313 e. The van der Waals surface area contributed by atoms with E-state index in [0.29, 0.717) is 6.04 Å². The molecule has 0 fully saturated rings. The Morgan fingerprint density at radius 2 is 2.28 bits per heavy atom. The third-order valence-electron chi connectivity index (χ3n) is 2.53. The Balaban J connectivity index is 2.42. The van der Waals surface area contributed by atoms with Gasteiger partial charge in [-0.1, -0.05) is 24.6 Å². The minimum atomic E-state index is 0.514. The number of benzene rings is 1. The van der Waals surface area contributed by atoms with Crippen LogP contribution in [0.25, 0.3) is 0 Å². The second kappa shape index (κ2) is 9.33. The monoisotopic (exact) mass is 281 g/mol. The molecular weight excluding hydrogens is 262 g/mol. The molecule has 1 aromatic carbocycles. The van der Waals surface area contributed by atoms with Gasteiger partial charge in [-0.15, -0.1) is 23.6 Å². The van der Waals surface area contributed by atoms with Crippen LogP contribution in [0.15, 0.2) is 29.2 Å². The maximum Gasteiger partial charge on any atom is 0.0417 e. The minimum Gasteiger partial charge on any atom is -0.313 e. The van der Waals surface area contributed by atoms with Crippen molar-refractivity contribution in [3.05, 3.63) is 29.3 Å². The molecule has 0 saturated heterocycles. The van der Waals surface area contributed by atoms with Crippen molar-refractivity contribution in [3.63, 3.8) is 0 Å². The van der Waals surface area contributed by atoms with Gasteiger partial charge >= 0.3 is 0 Å². The fourth-order valence-electron chi connectivity index (χ4n) is 1.66. The molecule has 98 valence electrons. The number of hydrogen-bond acceptors (Lipinski definition) is 2. The average Bonchev–Trinajstić information content (AvgIpc) is 2.36. The number of hydrogen-bond donors (Lipinski definition) is 1. The van der Waals surface area contributed by atoms with Crippen molar-refractivity contribution in [3.8, 4) is 11.8 Å². The molecule has 0 aliphatic heterocycles. The Morgan fingerprint density at radius 3 is 2.94 bits per heavy atom. The predicted octanol–water partition coefficient (Wildman–Crippen LogP) is 4.21. The number of rotatable bonds is 7. The van der Waals surface area contributed by atoms with Gasteiger partial charge in [0.1, 0.15) is 0 Å². The molecule has 3 heteroatoms. The third-order valence-corrected chi connectivity index (χ3v) is 3.93. The van der Waals surface area contributed by atoms with Gasteiger partial charge in [0, 0.05) is 28.1 Å². The summed E-state index contributed by atoms with van der Waals surface area (Å²) in [5.74, 6) is 7.12. The lowest BCUT2D eigenvalue weighted by atomic mass is 10.2. The molecule has 0 saturated carbocycles. The zero-order valence-electron chi connectivity index (χ0n) is 11.0. The lowest BCUT2D eigenvalue weighted by molar-refractivity contribution is 0.545. The first kappa shape index (κ1) is 15.4. The summed E-state index contributed by atoms with van der Waals surface area (Å²) in [6.45, 7) is 5.03. The standard InChI is InChI=1S/C15H20ClNS/c1-3-5-6-9-14(17-4-2)12-18-15-10-7-8-13(16)11-15/h7-8,10-11,14,17H,4,6,9,12H2,1-2H3. The highest BCUT2D eigenvalue weighted by Crippen LogP contribution is 2.22. The summed E-state index contributed by atoms with van der Waals surface area (Å²) in [4.78, 5) is 1.23. The second-order valence-corrected chi connectivity index (χ2v) is 5.52. The van der Waals surface area contributed by atoms with Gasteiger partial charge < -0.3 is 5.32 Å². The number of nitrogens with one attached hydrogen (secondary N) is 1. The lowest BCUT2D eigenvalue weighted by Gasteiger charge is -2.16. The van der Waals surface area contributed by atoms with E-state index in [9.17, 15) is 0 Å². The SMILES string of the molecule is CC#CCCC(CSc1cccc(Cl)c1)NCC. The first-order valence-corrected chi connectivity index (χ1v) is 7.64. The van der Waals surface area contributed by atoms with Crippen molar-refractivity contribution < 1.29 is 0 Å². The van der Waals surface area contributed by atoms with Crippen molar-refractivity contribution in [1.29, 1.82) is 0 Å². The molecule has 0 heterocycles. The highest BCUT2D eigenvalue weighted by molar-refractivity contribution is 7.99. The Kier molecular flexibility index (Phi) is 8.00. The van der Waals surface area contributed by atoms with Crippen molar-refractivity contribution >= 4 is 23.4 Å². The topological polar surface area (TPSA) is 12.0 Å². The zero-order chi connectivity index (χ0) is 13.2. The van der Waals surface area contributed by atoms with Crippen LogP contribution in [0.2, 0.25) is 5.02 Å². The third kappa shape index (κ3) is 6.35. The summed E-state index contributed by atoms with van der Waals surface area (Å²) < 4.78 is 0. The smallest absolute Gasteiger partial charge is 0.0417 e. The summed E-state index contributed by atoms with van der Waals surface area (Å²) in [5.41, 5.74) is 0. The average molecular weight is 282 g/mol. The van der Waals surface area contributed by atoms with Gasteiger partial charge in [0.25, 0.3) is 0 Å². The molecule has 1 nitrogen and oxygen atoms in total. The summed E-state index contributed by atoms with van der Waals surface area (Å²) >= 11 is 7.82. The van der Waals surface area contributed by atoms with Crippen LogP contribution in [-0.2, 0) is 0 Å². The first-order valence-electron chi connectivity index (χ1n) is 6.27. The van der Waals surface area contributed by atoms with Crippen LogP contribution < -0.4 is 5.32 Å². The normalized spacial score (nSPS) is 11.7.